The standard InChI is InChI=1S/C15H12N2O4/c1-10(18)11-4-2-6-13(8-11)16-15(19)12-5-3-7-14(9-12)17(20)21/h2-9H,1H3,(H,16,19). The highest BCUT2D eigenvalue weighted by Gasteiger charge is 2.12. The summed E-state index contributed by atoms with van der Waals surface area (Å²) in [5, 5.41) is 13.3. The van der Waals surface area contributed by atoms with Gasteiger partial charge in [-0.3, -0.25) is 19.7 Å². The monoisotopic (exact) mass is 284 g/mol. The SMILES string of the molecule is CC(=O)c1cccc(NC(=O)c2cccc([N+](=O)[O-])c2)c1. The molecule has 21 heavy (non-hydrogen) atoms. The average Bonchev–Trinajstić information content (AvgIpc) is 2.47. The van der Waals surface area contributed by atoms with Crippen molar-refractivity contribution in [3.8, 4) is 0 Å². The molecular formula is C15H12N2O4. The summed E-state index contributed by atoms with van der Waals surface area (Å²) in [6, 6.07) is 11.9. The van der Waals surface area contributed by atoms with Gasteiger partial charge in [0.1, 0.15) is 0 Å². The number of anilines is 1. The number of benzene rings is 2. The third kappa shape index (κ3) is 3.50. The van der Waals surface area contributed by atoms with Crippen LogP contribution in [0.25, 0.3) is 0 Å². The lowest BCUT2D eigenvalue weighted by molar-refractivity contribution is -0.384. The Labute approximate surface area is 120 Å². The molecule has 0 aromatic heterocycles. The van der Waals surface area contributed by atoms with Crippen LogP contribution in [0.15, 0.2) is 48.5 Å². The molecule has 1 amide bonds. The summed E-state index contributed by atoms with van der Waals surface area (Å²) in [5.74, 6) is -0.583. The molecule has 0 radical (unpaired) electrons. The van der Waals surface area contributed by atoms with Gasteiger partial charge in [0.05, 0.1) is 4.92 Å². The molecule has 6 nitrogen and oxygen atoms in total. The number of hydrogen-bond donors (Lipinski definition) is 1. The van der Waals surface area contributed by atoms with Crippen molar-refractivity contribution in [3.05, 3.63) is 69.8 Å². The van der Waals surface area contributed by atoms with Crippen LogP contribution in [0, 0.1) is 10.1 Å². The maximum atomic E-state index is 12.1. The number of rotatable bonds is 4. The minimum absolute atomic E-state index is 0.110. The third-order valence-corrected chi connectivity index (χ3v) is 2.85. The van der Waals surface area contributed by atoms with E-state index in [2.05, 4.69) is 5.32 Å². The van der Waals surface area contributed by atoms with Gasteiger partial charge < -0.3 is 5.32 Å². The first kappa shape index (κ1) is 14.4. The Morgan fingerprint density at radius 2 is 1.71 bits per heavy atom. The molecule has 0 spiro atoms. The van der Waals surface area contributed by atoms with E-state index in [0.717, 1.165) is 0 Å². The van der Waals surface area contributed by atoms with Gasteiger partial charge in [0, 0.05) is 28.9 Å². The summed E-state index contributed by atoms with van der Waals surface area (Å²) < 4.78 is 0. The van der Waals surface area contributed by atoms with E-state index in [4.69, 9.17) is 0 Å². The molecule has 0 fully saturated rings. The van der Waals surface area contributed by atoms with E-state index in [-0.39, 0.29) is 17.0 Å². The van der Waals surface area contributed by atoms with Gasteiger partial charge in [0.2, 0.25) is 0 Å². The second-order valence-corrected chi connectivity index (χ2v) is 4.40. The van der Waals surface area contributed by atoms with E-state index in [0.29, 0.717) is 11.3 Å². The molecular weight excluding hydrogens is 272 g/mol. The molecule has 0 aliphatic heterocycles. The van der Waals surface area contributed by atoms with E-state index in [1.807, 2.05) is 0 Å². The lowest BCUT2D eigenvalue weighted by atomic mass is 10.1. The number of carbonyl (C=O) groups excluding carboxylic acids is 2. The highest BCUT2D eigenvalue weighted by atomic mass is 16.6. The summed E-state index contributed by atoms with van der Waals surface area (Å²) in [7, 11) is 0. The van der Waals surface area contributed by atoms with E-state index in [1.165, 1.54) is 31.2 Å². The molecule has 0 bridgehead atoms. The van der Waals surface area contributed by atoms with Crippen LogP contribution >= 0.6 is 0 Å². The van der Waals surface area contributed by atoms with Crippen LogP contribution in [0.3, 0.4) is 0 Å². The number of nitro groups is 1. The van der Waals surface area contributed by atoms with E-state index >= 15 is 0 Å². The van der Waals surface area contributed by atoms with Crippen LogP contribution in [0.5, 0.6) is 0 Å². The summed E-state index contributed by atoms with van der Waals surface area (Å²) >= 11 is 0. The zero-order valence-electron chi connectivity index (χ0n) is 11.2. The molecule has 0 unspecified atom stereocenters. The fourth-order valence-electron chi connectivity index (χ4n) is 1.78. The number of nitrogens with zero attached hydrogens (tertiary/aromatic N) is 1. The number of carbonyl (C=O) groups is 2. The Balaban J connectivity index is 2.22. The summed E-state index contributed by atoms with van der Waals surface area (Å²) in [5.41, 5.74) is 0.962. The first-order valence-electron chi connectivity index (χ1n) is 6.14. The molecule has 0 saturated carbocycles. The van der Waals surface area contributed by atoms with Gasteiger partial charge in [-0.05, 0) is 25.1 Å². The Morgan fingerprint density at radius 1 is 1.05 bits per heavy atom. The zero-order valence-corrected chi connectivity index (χ0v) is 11.2. The van der Waals surface area contributed by atoms with Crippen LogP contribution in [0.2, 0.25) is 0 Å². The second-order valence-electron chi connectivity index (χ2n) is 4.40. The minimum Gasteiger partial charge on any atom is -0.322 e. The number of non-ortho nitro benzene ring substituents is 1. The Hall–Kier alpha value is -3.02. The summed E-state index contributed by atoms with van der Waals surface area (Å²) in [4.78, 5) is 33.5. The highest BCUT2D eigenvalue weighted by molar-refractivity contribution is 6.05. The van der Waals surface area contributed by atoms with E-state index in [1.54, 1.807) is 24.3 Å². The summed E-state index contributed by atoms with van der Waals surface area (Å²) in [6.07, 6.45) is 0. The van der Waals surface area contributed by atoms with E-state index < -0.39 is 10.8 Å². The molecule has 0 aliphatic rings. The number of Topliss-reactive ketones (excluding diaryl/α,β-unsaturated/α-hetero) is 1. The lowest BCUT2D eigenvalue weighted by Crippen LogP contribution is -2.12. The van der Waals surface area contributed by atoms with Gasteiger partial charge in [0.25, 0.3) is 11.6 Å². The minimum atomic E-state index is -0.562. The Bertz CT molecular complexity index is 725. The largest absolute Gasteiger partial charge is 0.322 e. The van der Waals surface area contributed by atoms with Crippen molar-refractivity contribution in [2.75, 3.05) is 5.32 Å². The van der Waals surface area contributed by atoms with Crippen LogP contribution in [0.4, 0.5) is 11.4 Å². The van der Waals surface area contributed by atoms with Gasteiger partial charge in [-0.2, -0.15) is 0 Å². The van der Waals surface area contributed by atoms with Gasteiger partial charge in [0.15, 0.2) is 5.78 Å². The normalized spacial score (nSPS) is 9.95. The number of nitrogens with one attached hydrogen (secondary N) is 1. The molecule has 0 atom stereocenters. The predicted molar refractivity (Wildman–Crippen MR) is 77.5 cm³/mol. The molecule has 0 heterocycles. The zero-order chi connectivity index (χ0) is 15.4. The highest BCUT2D eigenvalue weighted by Crippen LogP contribution is 2.16. The van der Waals surface area contributed by atoms with Gasteiger partial charge in [-0.25, -0.2) is 0 Å². The first-order valence-corrected chi connectivity index (χ1v) is 6.14. The van der Waals surface area contributed by atoms with Crippen molar-refractivity contribution >= 4 is 23.1 Å². The maximum absolute atomic E-state index is 12.1. The lowest BCUT2D eigenvalue weighted by Gasteiger charge is -2.06. The maximum Gasteiger partial charge on any atom is 0.270 e. The van der Waals surface area contributed by atoms with Crippen LogP contribution in [0.1, 0.15) is 27.6 Å². The van der Waals surface area contributed by atoms with Crippen molar-refractivity contribution in [1.82, 2.24) is 0 Å². The molecule has 2 aromatic carbocycles. The van der Waals surface area contributed by atoms with Gasteiger partial charge in [-0.1, -0.05) is 18.2 Å². The van der Waals surface area contributed by atoms with Crippen molar-refractivity contribution in [2.24, 2.45) is 0 Å². The van der Waals surface area contributed by atoms with Crippen LogP contribution < -0.4 is 5.32 Å². The third-order valence-electron chi connectivity index (χ3n) is 2.85. The van der Waals surface area contributed by atoms with Crippen molar-refractivity contribution < 1.29 is 14.5 Å². The number of nitro benzene ring substituents is 1. The average molecular weight is 284 g/mol. The molecule has 1 N–H and O–H groups in total. The predicted octanol–water partition coefficient (Wildman–Crippen LogP) is 3.05. The quantitative estimate of drug-likeness (QED) is 0.531. The molecule has 2 aromatic rings. The molecule has 2 rings (SSSR count). The van der Waals surface area contributed by atoms with Gasteiger partial charge >= 0.3 is 0 Å². The van der Waals surface area contributed by atoms with Crippen LogP contribution in [-0.2, 0) is 0 Å². The topological polar surface area (TPSA) is 89.3 Å². The first-order chi connectivity index (χ1) is 9.97. The Kier molecular flexibility index (Phi) is 4.08. The second kappa shape index (κ2) is 5.96. The number of amides is 1. The molecule has 106 valence electrons. The van der Waals surface area contributed by atoms with Crippen molar-refractivity contribution in [1.29, 1.82) is 0 Å². The molecule has 0 saturated heterocycles. The Morgan fingerprint density at radius 3 is 2.38 bits per heavy atom. The van der Waals surface area contributed by atoms with Gasteiger partial charge in [-0.15, -0.1) is 0 Å². The smallest absolute Gasteiger partial charge is 0.270 e. The number of hydrogen-bond acceptors (Lipinski definition) is 4. The van der Waals surface area contributed by atoms with Crippen molar-refractivity contribution in [3.63, 3.8) is 0 Å². The summed E-state index contributed by atoms with van der Waals surface area (Å²) in [6.45, 7) is 1.43. The fourth-order valence-corrected chi connectivity index (χ4v) is 1.78. The van der Waals surface area contributed by atoms with Crippen LogP contribution in [-0.4, -0.2) is 16.6 Å². The van der Waals surface area contributed by atoms with E-state index in [9.17, 15) is 19.7 Å². The molecule has 6 heteroatoms. The molecule has 0 aliphatic carbocycles. The van der Waals surface area contributed by atoms with Crippen molar-refractivity contribution in [2.45, 2.75) is 6.92 Å². The number of ketones is 1. The fraction of sp³-hybridized carbons (Fsp3) is 0.0667.